The molecule has 3 aromatic carbocycles. The first-order valence-electron chi connectivity index (χ1n) is 12.1. The molecule has 2 aromatic heterocycles. The average molecular weight is 507 g/mol. The summed E-state index contributed by atoms with van der Waals surface area (Å²) in [5.41, 5.74) is 3.89. The Kier molecular flexibility index (Phi) is 5.98. The van der Waals surface area contributed by atoms with Crippen molar-refractivity contribution in [2.24, 2.45) is 0 Å². The van der Waals surface area contributed by atoms with Gasteiger partial charge in [-0.05, 0) is 71.5 Å². The minimum absolute atomic E-state index is 0.182. The Bertz CT molecular complexity index is 1580. The molecular weight excluding hydrogens is 480 g/mol. The molecule has 0 aliphatic carbocycles. The number of rotatable bonds is 6. The van der Waals surface area contributed by atoms with E-state index in [0.717, 1.165) is 28.5 Å². The number of hydrogen-bond acceptors (Lipinski definition) is 4. The van der Waals surface area contributed by atoms with Crippen LogP contribution in [0, 0.1) is 0 Å². The Balaban J connectivity index is 1.54. The highest BCUT2D eigenvalue weighted by molar-refractivity contribution is 7.80. The molecule has 1 aliphatic rings. The number of nitrogens with zero attached hydrogens (tertiary/aromatic N) is 3. The summed E-state index contributed by atoms with van der Waals surface area (Å²) in [6, 6.07) is 30.5. The van der Waals surface area contributed by atoms with E-state index in [-0.39, 0.29) is 12.1 Å². The van der Waals surface area contributed by atoms with Crippen LogP contribution in [0.25, 0.3) is 16.5 Å². The molecule has 1 N–H and O–H groups in total. The molecule has 7 heteroatoms. The Morgan fingerprint density at radius 3 is 2.46 bits per heavy atom. The van der Waals surface area contributed by atoms with Crippen molar-refractivity contribution in [2.75, 3.05) is 19.1 Å². The van der Waals surface area contributed by atoms with Gasteiger partial charge in [-0.2, -0.15) is 0 Å². The van der Waals surface area contributed by atoms with E-state index in [9.17, 15) is 0 Å². The lowest BCUT2D eigenvalue weighted by molar-refractivity contribution is 0.402. The number of benzene rings is 3. The molecule has 6 nitrogen and oxygen atoms in total. The minimum Gasteiger partial charge on any atom is -0.497 e. The standard InChI is InChI=1S/C30H26N4O2S/c1-35-23-14-15-27(36-2)26(19-23)34-29(28(32-30(34)37)24-10-5-6-16-31-24)25-11-7-17-33(25)22-13-12-20-8-3-4-9-21(20)18-22/h3-19,28-29H,1-2H3,(H,32,37)/t28-,29+/m0/s1. The molecule has 1 saturated heterocycles. The molecule has 0 unspecified atom stereocenters. The van der Waals surface area contributed by atoms with E-state index >= 15 is 0 Å². The Morgan fingerprint density at radius 2 is 1.68 bits per heavy atom. The first-order chi connectivity index (χ1) is 18.2. The normalized spacial score (nSPS) is 17.1. The van der Waals surface area contributed by atoms with Crippen LogP contribution in [-0.4, -0.2) is 28.9 Å². The number of ether oxygens (including phenoxy) is 2. The van der Waals surface area contributed by atoms with Crippen molar-refractivity contribution in [2.45, 2.75) is 12.1 Å². The zero-order valence-electron chi connectivity index (χ0n) is 20.5. The fourth-order valence-corrected chi connectivity index (χ4v) is 5.44. The Hall–Kier alpha value is -4.36. The monoisotopic (exact) mass is 506 g/mol. The lowest BCUT2D eigenvalue weighted by atomic mass is 10.0. The largest absolute Gasteiger partial charge is 0.497 e. The van der Waals surface area contributed by atoms with Gasteiger partial charge in [0, 0.05) is 29.8 Å². The number of methoxy groups -OCH3 is 2. The molecule has 2 atom stereocenters. The van der Waals surface area contributed by atoms with Gasteiger partial charge in [0.15, 0.2) is 5.11 Å². The Morgan fingerprint density at radius 1 is 0.838 bits per heavy atom. The topological polar surface area (TPSA) is 51.6 Å². The fraction of sp³-hybridized carbons (Fsp3) is 0.133. The third-order valence-corrected chi connectivity index (χ3v) is 7.15. The van der Waals surface area contributed by atoms with Crippen molar-refractivity contribution in [1.29, 1.82) is 0 Å². The van der Waals surface area contributed by atoms with Gasteiger partial charge in [0.05, 0.1) is 31.6 Å². The summed E-state index contributed by atoms with van der Waals surface area (Å²) < 4.78 is 13.5. The highest BCUT2D eigenvalue weighted by Crippen LogP contribution is 2.46. The number of anilines is 1. The van der Waals surface area contributed by atoms with Gasteiger partial charge in [0.25, 0.3) is 0 Å². The number of hydrogen-bond donors (Lipinski definition) is 1. The van der Waals surface area contributed by atoms with Crippen molar-refractivity contribution >= 4 is 33.8 Å². The smallest absolute Gasteiger partial charge is 0.174 e. The molecule has 0 radical (unpaired) electrons. The molecule has 1 fully saturated rings. The highest BCUT2D eigenvalue weighted by atomic mass is 32.1. The predicted octanol–water partition coefficient (Wildman–Crippen LogP) is 6.22. The molecule has 37 heavy (non-hydrogen) atoms. The van der Waals surface area contributed by atoms with Crippen molar-refractivity contribution in [3.63, 3.8) is 0 Å². The molecule has 5 aromatic rings. The number of pyridine rings is 1. The predicted molar refractivity (Wildman–Crippen MR) is 151 cm³/mol. The number of fused-ring (bicyclic) bond motifs is 1. The van der Waals surface area contributed by atoms with Gasteiger partial charge in [0.2, 0.25) is 0 Å². The summed E-state index contributed by atoms with van der Waals surface area (Å²) in [7, 11) is 3.33. The van der Waals surface area contributed by atoms with Crippen LogP contribution in [-0.2, 0) is 0 Å². The minimum atomic E-state index is -0.204. The summed E-state index contributed by atoms with van der Waals surface area (Å²) in [6.45, 7) is 0. The quantitative estimate of drug-likeness (QED) is 0.276. The van der Waals surface area contributed by atoms with Crippen LogP contribution >= 0.6 is 12.2 Å². The van der Waals surface area contributed by atoms with Crippen LogP contribution in [0.4, 0.5) is 5.69 Å². The van der Waals surface area contributed by atoms with Gasteiger partial charge in [-0.15, -0.1) is 0 Å². The van der Waals surface area contributed by atoms with Gasteiger partial charge < -0.3 is 24.3 Å². The Labute approximate surface area is 221 Å². The van der Waals surface area contributed by atoms with E-state index in [1.165, 1.54) is 10.8 Å². The maximum absolute atomic E-state index is 5.94. The second-order valence-electron chi connectivity index (χ2n) is 8.87. The molecule has 0 spiro atoms. The molecule has 0 saturated carbocycles. The second kappa shape index (κ2) is 9.59. The molecule has 1 aliphatic heterocycles. The number of thiocarbonyl (C=S) groups is 1. The average Bonchev–Trinajstić information content (AvgIpc) is 3.57. The fourth-order valence-electron chi connectivity index (χ4n) is 5.10. The van der Waals surface area contributed by atoms with E-state index in [0.29, 0.717) is 10.9 Å². The molecule has 0 bridgehead atoms. The number of nitrogens with one attached hydrogen (secondary N) is 1. The molecule has 0 amide bonds. The maximum atomic E-state index is 5.94. The summed E-state index contributed by atoms with van der Waals surface area (Å²) in [5, 5.41) is 6.53. The van der Waals surface area contributed by atoms with Crippen molar-refractivity contribution in [3.05, 3.63) is 115 Å². The zero-order chi connectivity index (χ0) is 25.4. The SMILES string of the molecule is COc1ccc(OC)c(N2C(=S)N[C@@H](c3ccccn3)[C@H]2c2cccn2-c2ccc3ccccc3c2)c1. The van der Waals surface area contributed by atoms with Crippen LogP contribution in [0.5, 0.6) is 11.5 Å². The number of aromatic nitrogens is 2. The zero-order valence-corrected chi connectivity index (χ0v) is 21.4. The lowest BCUT2D eigenvalue weighted by Gasteiger charge is -2.30. The third-order valence-electron chi connectivity index (χ3n) is 6.84. The summed E-state index contributed by atoms with van der Waals surface area (Å²) >= 11 is 5.94. The summed E-state index contributed by atoms with van der Waals surface area (Å²) in [5.74, 6) is 1.43. The molecular formula is C30H26N4O2S. The van der Waals surface area contributed by atoms with Crippen molar-refractivity contribution < 1.29 is 9.47 Å². The third kappa shape index (κ3) is 4.07. The highest BCUT2D eigenvalue weighted by Gasteiger charge is 2.43. The van der Waals surface area contributed by atoms with E-state index in [1.807, 2.05) is 42.6 Å². The molecule has 184 valence electrons. The van der Waals surface area contributed by atoms with Crippen LogP contribution in [0.1, 0.15) is 23.5 Å². The van der Waals surface area contributed by atoms with Gasteiger partial charge in [-0.25, -0.2) is 0 Å². The van der Waals surface area contributed by atoms with Gasteiger partial charge in [-0.1, -0.05) is 36.4 Å². The van der Waals surface area contributed by atoms with Gasteiger partial charge in [0.1, 0.15) is 17.5 Å². The van der Waals surface area contributed by atoms with Crippen LogP contribution in [0.3, 0.4) is 0 Å². The molecule has 6 rings (SSSR count). The van der Waals surface area contributed by atoms with E-state index in [2.05, 4.69) is 80.6 Å². The van der Waals surface area contributed by atoms with Crippen LogP contribution in [0.15, 0.2) is 103 Å². The van der Waals surface area contributed by atoms with Crippen molar-refractivity contribution in [1.82, 2.24) is 14.9 Å². The second-order valence-corrected chi connectivity index (χ2v) is 9.26. The van der Waals surface area contributed by atoms with Crippen LogP contribution < -0.4 is 19.7 Å². The van der Waals surface area contributed by atoms with Gasteiger partial charge >= 0.3 is 0 Å². The van der Waals surface area contributed by atoms with E-state index in [4.69, 9.17) is 21.7 Å². The van der Waals surface area contributed by atoms with Crippen LogP contribution in [0.2, 0.25) is 0 Å². The van der Waals surface area contributed by atoms with E-state index < -0.39 is 0 Å². The maximum Gasteiger partial charge on any atom is 0.174 e. The van der Waals surface area contributed by atoms with Crippen molar-refractivity contribution in [3.8, 4) is 17.2 Å². The summed E-state index contributed by atoms with van der Waals surface area (Å²) in [6.07, 6.45) is 3.91. The first-order valence-corrected chi connectivity index (χ1v) is 12.5. The molecule has 3 heterocycles. The lowest BCUT2D eigenvalue weighted by Crippen LogP contribution is -2.30. The summed E-state index contributed by atoms with van der Waals surface area (Å²) in [4.78, 5) is 6.80. The first kappa shape index (κ1) is 23.1. The van der Waals surface area contributed by atoms with Gasteiger partial charge in [-0.3, -0.25) is 4.98 Å². The van der Waals surface area contributed by atoms with E-state index in [1.54, 1.807) is 14.2 Å².